The Morgan fingerprint density at radius 3 is 2.69 bits per heavy atom. The molecule has 1 aromatic carbocycles. The third kappa shape index (κ3) is 3.58. The number of anilines is 1. The van der Waals surface area contributed by atoms with Gasteiger partial charge in [-0.05, 0) is 55.5 Å². The van der Waals surface area contributed by atoms with Gasteiger partial charge in [0.1, 0.15) is 0 Å². The fourth-order valence-corrected chi connectivity index (χ4v) is 4.34. The van der Waals surface area contributed by atoms with Crippen molar-refractivity contribution in [1.29, 1.82) is 0 Å². The van der Waals surface area contributed by atoms with Crippen LogP contribution in [0, 0.1) is 0 Å². The highest BCUT2D eigenvalue weighted by Crippen LogP contribution is 2.33. The Balaban J connectivity index is 1.96. The molecule has 2 aromatic rings. The first kappa shape index (κ1) is 18.4. The SMILES string of the molecule is CCS(=O)(=O)N(Cc1ccc(C(=O)OC)cn1)c1cccc2c1CCC2. The summed E-state index contributed by atoms with van der Waals surface area (Å²) in [6.07, 6.45) is 4.32. The molecule has 0 radical (unpaired) electrons. The highest BCUT2D eigenvalue weighted by atomic mass is 32.2. The first-order chi connectivity index (χ1) is 12.5. The molecule has 0 unspecified atom stereocenters. The van der Waals surface area contributed by atoms with Gasteiger partial charge in [0.15, 0.2) is 0 Å². The van der Waals surface area contributed by atoms with E-state index in [1.165, 1.54) is 23.2 Å². The highest BCUT2D eigenvalue weighted by Gasteiger charge is 2.26. The Kier molecular flexibility index (Phi) is 5.27. The Labute approximate surface area is 153 Å². The van der Waals surface area contributed by atoms with Crippen molar-refractivity contribution in [3.05, 3.63) is 58.9 Å². The van der Waals surface area contributed by atoms with Gasteiger partial charge in [-0.1, -0.05) is 12.1 Å². The number of sulfonamides is 1. The van der Waals surface area contributed by atoms with Gasteiger partial charge in [-0.25, -0.2) is 13.2 Å². The van der Waals surface area contributed by atoms with E-state index in [4.69, 9.17) is 0 Å². The smallest absolute Gasteiger partial charge is 0.339 e. The fraction of sp³-hybridized carbons (Fsp3) is 0.368. The normalized spacial score (nSPS) is 13.3. The summed E-state index contributed by atoms with van der Waals surface area (Å²) >= 11 is 0. The Hall–Kier alpha value is -2.41. The lowest BCUT2D eigenvalue weighted by atomic mass is 10.1. The lowest BCUT2D eigenvalue weighted by molar-refractivity contribution is 0.0600. The third-order valence-corrected chi connectivity index (χ3v) is 6.37. The van der Waals surface area contributed by atoms with E-state index in [2.05, 4.69) is 15.8 Å². The number of aryl methyl sites for hydroxylation is 1. The minimum atomic E-state index is -3.46. The van der Waals surface area contributed by atoms with Crippen LogP contribution in [0.5, 0.6) is 0 Å². The van der Waals surface area contributed by atoms with Crippen LogP contribution in [-0.2, 0) is 34.1 Å². The summed E-state index contributed by atoms with van der Waals surface area (Å²) in [7, 11) is -2.16. The molecule has 6 nitrogen and oxygen atoms in total. The average molecular weight is 374 g/mol. The molecule has 1 heterocycles. The van der Waals surface area contributed by atoms with Gasteiger partial charge < -0.3 is 4.74 Å². The zero-order valence-electron chi connectivity index (χ0n) is 14.9. The number of fused-ring (bicyclic) bond motifs is 1. The van der Waals surface area contributed by atoms with E-state index in [0.717, 1.165) is 30.5 Å². The van der Waals surface area contributed by atoms with Crippen molar-refractivity contribution in [2.75, 3.05) is 17.2 Å². The molecular weight excluding hydrogens is 352 g/mol. The number of nitrogens with zero attached hydrogens (tertiary/aromatic N) is 2. The average Bonchev–Trinajstić information content (AvgIpc) is 3.15. The number of pyridine rings is 1. The summed E-state index contributed by atoms with van der Waals surface area (Å²) < 4.78 is 31.6. The molecule has 0 aliphatic heterocycles. The first-order valence-corrected chi connectivity index (χ1v) is 10.2. The lowest BCUT2D eigenvalue weighted by Crippen LogP contribution is -2.33. The Morgan fingerprint density at radius 2 is 2.04 bits per heavy atom. The van der Waals surface area contributed by atoms with Gasteiger partial charge in [0, 0.05) is 6.20 Å². The number of aromatic nitrogens is 1. The van der Waals surface area contributed by atoms with Crippen molar-refractivity contribution in [3.63, 3.8) is 0 Å². The molecule has 3 rings (SSSR count). The molecule has 0 amide bonds. The van der Waals surface area contributed by atoms with Crippen molar-refractivity contribution in [3.8, 4) is 0 Å². The zero-order chi connectivity index (χ0) is 18.7. The topological polar surface area (TPSA) is 76.6 Å². The molecule has 0 atom stereocenters. The largest absolute Gasteiger partial charge is 0.465 e. The zero-order valence-corrected chi connectivity index (χ0v) is 15.8. The van der Waals surface area contributed by atoms with Gasteiger partial charge in [-0.3, -0.25) is 9.29 Å². The number of rotatable bonds is 6. The maximum atomic E-state index is 12.7. The molecule has 0 N–H and O–H groups in total. The maximum absolute atomic E-state index is 12.7. The number of hydrogen-bond donors (Lipinski definition) is 0. The van der Waals surface area contributed by atoms with Crippen molar-refractivity contribution in [2.24, 2.45) is 0 Å². The standard InChI is InChI=1S/C19H22N2O4S/c1-3-26(23,24)21(18-9-5-7-14-6-4-8-17(14)18)13-16-11-10-15(12-20-16)19(22)25-2/h5,7,9-12H,3-4,6,8,13H2,1-2H3. The van der Waals surface area contributed by atoms with Crippen LogP contribution in [0.4, 0.5) is 5.69 Å². The van der Waals surface area contributed by atoms with Crippen LogP contribution in [0.15, 0.2) is 36.5 Å². The van der Waals surface area contributed by atoms with Crippen LogP contribution in [0.3, 0.4) is 0 Å². The van der Waals surface area contributed by atoms with Crippen LogP contribution in [0.2, 0.25) is 0 Å². The van der Waals surface area contributed by atoms with E-state index < -0.39 is 16.0 Å². The van der Waals surface area contributed by atoms with E-state index in [9.17, 15) is 13.2 Å². The molecule has 7 heteroatoms. The van der Waals surface area contributed by atoms with Crippen LogP contribution in [0.25, 0.3) is 0 Å². The second-order valence-electron chi connectivity index (χ2n) is 6.21. The minimum Gasteiger partial charge on any atom is -0.465 e. The minimum absolute atomic E-state index is 0.0108. The molecule has 26 heavy (non-hydrogen) atoms. The number of methoxy groups -OCH3 is 1. The van der Waals surface area contributed by atoms with Crippen LogP contribution >= 0.6 is 0 Å². The molecule has 1 aliphatic rings. The Morgan fingerprint density at radius 1 is 1.23 bits per heavy atom. The number of ether oxygens (including phenoxy) is 1. The van der Waals surface area contributed by atoms with E-state index >= 15 is 0 Å². The molecule has 0 spiro atoms. The molecule has 0 saturated heterocycles. The predicted octanol–water partition coefficient (Wildman–Crippen LogP) is 2.71. The highest BCUT2D eigenvalue weighted by molar-refractivity contribution is 7.92. The molecule has 138 valence electrons. The Bertz CT molecular complexity index is 908. The van der Waals surface area contributed by atoms with Crippen molar-refractivity contribution >= 4 is 21.7 Å². The lowest BCUT2D eigenvalue weighted by Gasteiger charge is -2.26. The summed E-state index contributed by atoms with van der Waals surface area (Å²) in [6, 6.07) is 9.09. The van der Waals surface area contributed by atoms with Crippen LogP contribution in [0.1, 0.15) is 40.5 Å². The van der Waals surface area contributed by atoms with Gasteiger partial charge in [0.2, 0.25) is 10.0 Å². The quantitative estimate of drug-likeness (QED) is 0.727. The summed E-state index contributed by atoms with van der Waals surface area (Å²) in [4.78, 5) is 15.8. The van der Waals surface area contributed by atoms with Gasteiger partial charge in [-0.15, -0.1) is 0 Å². The van der Waals surface area contributed by atoms with Crippen molar-refractivity contribution in [2.45, 2.75) is 32.7 Å². The molecular formula is C19H22N2O4S. The van der Waals surface area contributed by atoms with Gasteiger partial charge in [0.05, 0.1) is 36.4 Å². The number of hydrogen-bond acceptors (Lipinski definition) is 5. The van der Waals surface area contributed by atoms with Gasteiger partial charge in [-0.2, -0.15) is 0 Å². The molecule has 1 aromatic heterocycles. The predicted molar refractivity (Wildman–Crippen MR) is 99.7 cm³/mol. The van der Waals surface area contributed by atoms with E-state index in [1.807, 2.05) is 12.1 Å². The first-order valence-electron chi connectivity index (χ1n) is 8.60. The van der Waals surface area contributed by atoms with Gasteiger partial charge in [0.25, 0.3) is 0 Å². The second kappa shape index (κ2) is 7.45. The summed E-state index contributed by atoms with van der Waals surface area (Å²) in [5.41, 5.74) is 3.97. The van der Waals surface area contributed by atoms with Crippen LogP contribution < -0.4 is 4.31 Å². The molecule has 0 bridgehead atoms. The summed E-state index contributed by atoms with van der Waals surface area (Å²) in [5.74, 6) is -0.459. The van der Waals surface area contributed by atoms with E-state index in [-0.39, 0.29) is 12.3 Å². The van der Waals surface area contributed by atoms with Crippen molar-refractivity contribution in [1.82, 2.24) is 4.98 Å². The van der Waals surface area contributed by atoms with E-state index in [0.29, 0.717) is 11.3 Å². The molecule has 0 saturated carbocycles. The molecule has 0 fully saturated rings. The second-order valence-corrected chi connectivity index (χ2v) is 8.39. The maximum Gasteiger partial charge on any atom is 0.339 e. The van der Waals surface area contributed by atoms with Crippen molar-refractivity contribution < 1.29 is 17.9 Å². The number of carbonyl (C=O) groups is 1. The van der Waals surface area contributed by atoms with Gasteiger partial charge >= 0.3 is 5.97 Å². The third-order valence-electron chi connectivity index (χ3n) is 4.64. The molecule has 1 aliphatic carbocycles. The number of benzene rings is 1. The number of carbonyl (C=O) groups excluding carboxylic acids is 1. The summed E-state index contributed by atoms with van der Waals surface area (Å²) in [6.45, 7) is 1.77. The van der Waals surface area contributed by atoms with Crippen LogP contribution in [-0.4, -0.2) is 32.2 Å². The number of esters is 1. The monoisotopic (exact) mass is 374 g/mol. The summed E-state index contributed by atoms with van der Waals surface area (Å²) in [5, 5.41) is 0. The van der Waals surface area contributed by atoms with E-state index in [1.54, 1.807) is 19.1 Å². The fourth-order valence-electron chi connectivity index (χ4n) is 3.23.